The van der Waals surface area contributed by atoms with E-state index in [4.69, 9.17) is 4.52 Å². The molecule has 2 aromatic rings. The number of aryl methyl sites for hydroxylation is 1. The Labute approximate surface area is 173 Å². The quantitative estimate of drug-likeness (QED) is 0.344. The second-order valence-electron chi connectivity index (χ2n) is 7.16. The first-order valence-electron chi connectivity index (χ1n) is 9.93. The predicted molar refractivity (Wildman–Crippen MR) is 114 cm³/mol. The van der Waals surface area contributed by atoms with E-state index >= 15 is 0 Å². The van der Waals surface area contributed by atoms with Gasteiger partial charge < -0.3 is 15.2 Å². The van der Waals surface area contributed by atoms with Gasteiger partial charge in [0, 0.05) is 38.2 Å². The maximum Gasteiger partial charge on any atom is 0.226 e. The van der Waals surface area contributed by atoms with E-state index in [0.29, 0.717) is 30.3 Å². The van der Waals surface area contributed by atoms with Gasteiger partial charge in [0.25, 0.3) is 0 Å². The molecule has 2 rings (SSSR count). The van der Waals surface area contributed by atoms with E-state index in [1.54, 1.807) is 12.1 Å². The summed E-state index contributed by atoms with van der Waals surface area (Å²) in [6.45, 7) is 8.22. The van der Waals surface area contributed by atoms with E-state index in [1.165, 1.54) is 6.26 Å². The number of sulfone groups is 1. The lowest BCUT2D eigenvalue weighted by Gasteiger charge is -2.11. The number of guanidine groups is 1. The molecule has 29 heavy (non-hydrogen) atoms. The average Bonchev–Trinajstić information content (AvgIpc) is 3.14. The Balaban J connectivity index is 1.78. The van der Waals surface area contributed by atoms with Crippen LogP contribution >= 0.6 is 0 Å². The molecule has 0 spiro atoms. The fourth-order valence-corrected chi connectivity index (χ4v) is 3.23. The molecule has 0 fully saturated rings. The molecular formula is C20H31N5O3S. The molecule has 0 aliphatic heterocycles. The van der Waals surface area contributed by atoms with Crippen molar-refractivity contribution in [2.75, 3.05) is 25.9 Å². The van der Waals surface area contributed by atoms with Crippen LogP contribution in [0.5, 0.6) is 0 Å². The van der Waals surface area contributed by atoms with Gasteiger partial charge in [-0.2, -0.15) is 4.98 Å². The first-order valence-corrected chi connectivity index (χ1v) is 11.8. The summed E-state index contributed by atoms with van der Waals surface area (Å²) >= 11 is 0. The zero-order chi connectivity index (χ0) is 21.3. The number of nitrogens with zero attached hydrogens (tertiary/aromatic N) is 3. The largest absolute Gasteiger partial charge is 0.357 e. The fraction of sp³-hybridized carbons (Fsp3) is 0.550. The third-order valence-electron chi connectivity index (χ3n) is 4.22. The molecule has 1 aromatic heterocycles. The summed E-state index contributed by atoms with van der Waals surface area (Å²) in [4.78, 5) is 9.28. The molecule has 0 amide bonds. The van der Waals surface area contributed by atoms with Crippen molar-refractivity contribution < 1.29 is 12.9 Å². The number of nitrogens with one attached hydrogen (secondary N) is 2. The van der Waals surface area contributed by atoms with Crippen LogP contribution in [0, 0.1) is 0 Å². The van der Waals surface area contributed by atoms with E-state index in [0.717, 1.165) is 36.7 Å². The molecule has 0 atom stereocenters. The first kappa shape index (κ1) is 22.9. The number of hydrogen-bond donors (Lipinski definition) is 2. The number of benzene rings is 1. The highest BCUT2D eigenvalue weighted by atomic mass is 32.2. The van der Waals surface area contributed by atoms with Gasteiger partial charge in [-0.05, 0) is 37.5 Å². The minimum absolute atomic E-state index is 0.262. The van der Waals surface area contributed by atoms with Crippen LogP contribution in [0.2, 0.25) is 0 Å². The number of rotatable bonds is 10. The molecule has 9 heteroatoms. The topological polar surface area (TPSA) is 109 Å². The highest BCUT2D eigenvalue weighted by molar-refractivity contribution is 7.90. The van der Waals surface area contributed by atoms with Crippen molar-refractivity contribution in [3.63, 3.8) is 0 Å². The van der Waals surface area contributed by atoms with E-state index in [9.17, 15) is 8.42 Å². The van der Waals surface area contributed by atoms with Gasteiger partial charge in [0.15, 0.2) is 21.6 Å². The maximum absolute atomic E-state index is 11.5. The Morgan fingerprint density at radius 1 is 1.17 bits per heavy atom. The van der Waals surface area contributed by atoms with Crippen molar-refractivity contribution in [3.8, 4) is 0 Å². The lowest BCUT2D eigenvalue weighted by atomic mass is 10.1. The summed E-state index contributed by atoms with van der Waals surface area (Å²) in [5, 5.41) is 10.5. The Bertz CT molecular complexity index is 889. The van der Waals surface area contributed by atoms with Crippen molar-refractivity contribution >= 4 is 15.8 Å². The summed E-state index contributed by atoms with van der Waals surface area (Å²) in [5.41, 5.74) is 1.07. The van der Waals surface area contributed by atoms with Crippen LogP contribution in [0.4, 0.5) is 0 Å². The van der Waals surface area contributed by atoms with E-state index in [-0.39, 0.29) is 5.92 Å². The van der Waals surface area contributed by atoms with E-state index in [2.05, 4.69) is 25.8 Å². The minimum atomic E-state index is -3.16. The summed E-state index contributed by atoms with van der Waals surface area (Å²) in [7, 11) is -3.16. The Kier molecular flexibility index (Phi) is 8.63. The van der Waals surface area contributed by atoms with Crippen LogP contribution < -0.4 is 10.6 Å². The van der Waals surface area contributed by atoms with Gasteiger partial charge in [0.2, 0.25) is 5.89 Å². The molecular weight excluding hydrogens is 390 g/mol. The number of aliphatic imine (C=N–C) groups is 1. The third kappa shape index (κ3) is 7.84. The van der Waals surface area contributed by atoms with Crippen LogP contribution in [-0.4, -0.2) is 50.4 Å². The predicted octanol–water partition coefficient (Wildman–Crippen LogP) is 2.33. The van der Waals surface area contributed by atoms with Gasteiger partial charge in [0.1, 0.15) is 0 Å². The smallest absolute Gasteiger partial charge is 0.226 e. The molecule has 0 unspecified atom stereocenters. The van der Waals surface area contributed by atoms with Crippen molar-refractivity contribution in [2.45, 2.75) is 50.8 Å². The van der Waals surface area contributed by atoms with Gasteiger partial charge in [-0.25, -0.2) is 8.42 Å². The SMILES string of the molecule is CCNC(=NCCCc1nc(C(C)C)no1)NCCc1ccc(S(C)(=O)=O)cc1. The molecule has 1 heterocycles. The Morgan fingerprint density at radius 2 is 1.90 bits per heavy atom. The van der Waals surface area contributed by atoms with Crippen LogP contribution in [0.1, 0.15) is 50.4 Å². The normalized spacial score (nSPS) is 12.4. The first-order chi connectivity index (χ1) is 13.8. The number of hydrogen-bond acceptors (Lipinski definition) is 6. The lowest BCUT2D eigenvalue weighted by Crippen LogP contribution is -2.38. The monoisotopic (exact) mass is 421 g/mol. The van der Waals surface area contributed by atoms with Gasteiger partial charge in [-0.3, -0.25) is 4.99 Å². The van der Waals surface area contributed by atoms with Gasteiger partial charge in [-0.1, -0.05) is 31.1 Å². The Morgan fingerprint density at radius 3 is 2.48 bits per heavy atom. The summed E-state index contributed by atoms with van der Waals surface area (Å²) in [6.07, 6.45) is 3.51. The van der Waals surface area contributed by atoms with Crippen LogP contribution in [0.3, 0.4) is 0 Å². The second-order valence-corrected chi connectivity index (χ2v) is 9.17. The molecule has 1 aromatic carbocycles. The molecule has 160 valence electrons. The summed E-state index contributed by atoms with van der Waals surface area (Å²) < 4.78 is 28.3. The lowest BCUT2D eigenvalue weighted by molar-refractivity contribution is 0.369. The summed E-state index contributed by atoms with van der Waals surface area (Å²) in [5.74, 6) is 2.41. The third-order valence-corrected chi connectivity index (χ3v) is 5.35. The van der Waals surface area contributed by atoms with Gasteiger partial charge >= 0.3 is 0 Å². The fourth-order valence-electron chi connectivity index (χ4n) is 2.60. The minimum Gasteiger partial charge on any atom is -0.357 e. The number of aromatic nitrogens is 2. The van der Waals surface area contributed by atoms with Crippen molar-refractivity contribution in [3.05, 3.63) is 41.5 Å². The molecule has 2 N–H and O–H groups in total. The molecule has 0 saturated carbocycles. The molecule has 0 saturated heterocycles. The van der Waals surface area contributed by atoms with Crippen molar-refractivity contribution in [2.24, 2.45) is 4.99 Å². The highest BCUT2D eigenvalue weighted by Crippen LogP contribution is 2.11. The maximum atomic E-state index is 11.5. The molecule has 0 aliphatic carbocycles. The molecule has 0 bridgehead atoms. The van der Waals surface area contributed by atoms with Gasteiger partial charge in [0.05, 0.1) is 4.90 Å². The highest BCUT2D eigenvalue weighted by Gasteiger charge is 2.09. The standard InChI is InChI=1S/C20H31N5O3S/c1-5-21-20(22-13-6-7-18-24-19(15(2)3)25-28-18)23-14-12-16-8-10-17(11-9-16)29(4,26)27/h8-11,15H,5-7,12-14H2,1-4H3,(H2,21,22,23). The van der Waals surface area contributed by atoms with E-state index in [1.807, 2.05) is 32.9 Å². The average molecular weight is 422 g/mol. The Hall–Kier alpha value is -2.42. The van der Waals surface area contributed by atoms with Crippen LogP contribution in [0.25, 0.3) is 0 Å². The zero-order valence-electron chi connectivity index (χ0n) is 17.6. The molecule has 8 nitrogen and oxygen atoms in total. The molecule has 0 aliphatic rings. The van der Waals surface area contributed by atoms with Crippen molar-refractivity contribution in [1.82, 2.24) is 20.8 Å². The molecule has 0 radical (unpaired) electrons. The van der Waals surface area contributed by atoms with Crippen LogP contribution in [0.15, 0.2) is 38.7 Å². The van der Waals surface area contributed by atoms with Crippen LogP contribution in [-0.2, 0) is 22.7 Å². The summed E-state index contributed by atoms with van der Waals surface area (Å²) in [6, 6.07) is 6.98. The van der Waals surface area contributed by atoms with Gasteiger partial charge in [-0.15, -0.1) is 0 Å². The van der Waals surface area contributed by atoms with E-state index < -0.39 is 9.84 Å². The van der Waals surface area contributed by atoms with Crippen molar-refractivity contribution in [1.29, 1.82) is 0 Å². The zero-order valence-corrected chi connectivity index (χ0v) is 18.4. The second kappa shape index (κ2) is 10.9.